The lowest BCUT2D eigenvalue weighted by molar-refractivity contribution is -0.125. The average molecular weight is 280 g/mol. The van der Waals surface area contributed by atoms with Gasteiger partial charge in [0.2, 0.25) is 5.91 Å². The Hall–Kier alpha value is -1.49. The van der Waals surface area contributed by atoms with Gasteiger partial charge >= 0.3 is 0 Å². The lowest BCUT2D eigenvalue weighted by Gasteiger charge is -2.19. The van der Waals surface area contributed by atoms with Crippen molar-refractivity contribution in [1.82, 2.24) is 10.6 Å². The van der Waals surface area contributed by atoms with Gasteiger partial charge in [0.15, 0.2) is 0 Å². The number of benzene rings is 1. The van der Waals surface area contributed by atoms with Gasteiger partial charge in [0, 0.05) is 24.7 Å². The molecule has 0 radical (unpaired) electrons. The molecule has 2 bridgehead atoms. The van der Waals surface area contributed by atoms with Crippen molar-refractivity contribution in [2.75, 3.05) is 6.54 Å². The second-order valence-corrected chi connectivity index (χ2v) is 5.71. The maximum absolute atomic E-state index is 13.0. The molecule has 3 atom stereocenters. The maximum atomic E-state index is 13.0. The highest BCUT2D eigenvalue weighted by molar-refractivity contribution is 5.80. The van der Waals surface area contributed by atoms with Gasteiger partial charge in [0.05, 0.1) is 5.92 Å². The number of amides is 1. The molecule has 1 amide bonds. The minimum absolute atomic E-state index is 0.0537. The van der Waals surface area contributed by atoms with Gasteiger partial charge in [-0.2, -0.15) is 0 Å². The molecule has 2 N–H and O–H groups in total. The van der Waals surface area contributed by atoms with Gasteiger partial charge < -0.3 is 10.6 Å². The first-order chi connectivity index (χ1) is 9.61. The van der Waals surface area contributed by atoms with Crippen LogP contribution in [0.25, 0.3) is 0 Å². The van der Waals surface area contributed by atoms with Crippen molar-refractivity contribution in [3.8, 4) is 0 Å². The zero-order valence-corrected chi connectivity index (χ0v) is 11.2. The van der Waals surface area contributed by atoms with Crippen LogP contribution in [0.3, 0.4) is 0 Å². The number of halogens is 2. The minimum atomic E-state index is -0.580. The predicted octanol–water partition coefficient (Wildman–Crippen LogP) is 1.76. The Labute approximate surface area is 116 Å². The Balaban J connectivity index is 1.49. The van der Waals surface area contributed by atoms with Crippen molar-refractivity contribution in [1.29, 1.82) is 0 Å². The quantitative estimate of drug-likeness (QED) is 0.882. The molecule has 3 rings (SSSR count). The van der Waals surface area contributed by atoms with Crippen molar-refractivity contribution in [2.24, 2.45) is 5.92 Å². The van der Waals surface area contributed by atoms with E-state index in [2.05, 4.69) is 10.6 Å². The zero-order chi connectivity index (χ0) is 14.1. The summed E-state index contributed by atoms with van der Waals surface area (Å²) in [5.74, 6) is -1.05. The van der Waals surface area contributed by atoms with Crippen LogP contribution < -0.4 is 10.6 Å². The molecule has 0 saturated carbocycles. The van der Waals surface area contributed by atoms with Crippen LogP contribution in [0.4, 0.5) is 8.78 Å². The summed E-state index contributed by atoms with van der Waals surface area (Å²) in [6, 6.07) is 4.26. The smallest absolute Gasteiger partial charge is 0.224 e. The van der Waals surface area contributed by atoms with E-state index >= 15 is 0 Å². The normalized spacial score (nSPS) is 27.8. The highest BCUT2D eigenvalue weighted by Crippen LogP contribution is 2.33. The van der Waals surface area contributed by atoms with Gasteiger partial charge in [-0.05, 0) is 43.4 Å². The molecule has 20 heavy (non-hydrogen) atoms. The molecule has 2 saturated heterocycles. The van der Waals surface area contributed by atoms with Crippen LogP contribution >= 0.6 is 0 Å². The minimum Gasteiger partial charge on any atom is -0.355 e. The van der Waals surface area contributed by atoms with Crippen molar-refractivity contribution >= 4 is 5.91 Å². The summed E-state index contributed by atoms with van der Waals surface area (Å²) in [5, 5.41) is 6.29. The standard InChI is InChI=1S/C15H18F2N2O/c16-10-5-9(6-11(17)7-10)3-4-18-15(20)13-8-12-1-2-14(13)19-12/h5-7,12-14,19H,1-4,8H2,(H,18,20). The maximum Gasteiger partial charge on any atom is 0.224 e. The summed E-state index contributed by atoms with van der Waals surface area (Å²) in [4.78, 5) is 12.1. The summed E-state index contributed by atoms with van der Waals surface area (Å²) >= 11 is 0. The van der Waals surface area contributed by atoms with Crippen LogP contribution in [0.1, 0.15) is 24.8 Å². The van der Waals surface area contributed by atoms with Crippen LogP contribution in [-0.2, 0) is 11.2 Å². The lowest BCUT2D eigenvalue weighted by atomic mass is 9.88. The van der Waals surface area contributed by atoms with E-state index in [9.17, 15) is 13.6 Å². The highest BCUT2D eigenvalue weighted by atomic mass is 19.1. The Morgan fingerprint density at radius 3 is 2.60 bits per heavy atom. The van der Waals surface area contributed by atoms with E-state index in [1.165, 1.54) is 12.1 Å². The van der Waals surface area contributed by atoms with Gasteiger partial charge in [0.1, 0.15) is 11.6 Å². The average Bonchev–Trinajstić information content (AvgIpc) is 2.99. The number of carbonyl (C=O) groups excluding carboxylic acids is 1. The van der Waals surface area contributed by atoms with E-state index in [0.29, 0.717) is 30.6 Å². The topological polar surface area (TPSA) is 41.1 Å². The van der Waals surface area contributed by atoms with E-state index < -0.39 is 11.6 Å². The van der Waals surface area contributed by atoms with Crippen LogP contribution in [0.15, 0.2) is 18.2 Å². The Morgan fingerprint density at radius 1 is 1.25 bits per heavy atom. The molecule has 3 unspecified atom stereocenters. The van der Waals surface area contributed by atoms with Gasteiger partial charge in [-0.25, -0.2) is 8.78 Å². The summed E-state index contributed by atoms with van der Waals surface area (Å²) in [5.41, 5.74) is 0.564. The molecule has 0 spiro atoms. The zero-order valence-electron chi connectivity index (χ0n) is 11.2. The summed E-state index contributed by atoms with van der Waals surface area (Å²) in [7, 11) is 0. The molecule has 0 aromatic heterocycles. The Bertz CT molecular complexity index is 500. The molecule has 2 fully saturated rings. The predicted molar refractivity (Wildman–Crippen MR) is 71.1 cm³/mol. The largest absolute Gasteiger partial charge is 0.355 e. The number of carbonyl (C=O) groups is 1. The second kappa shape index (κ2) is 5.48. The molecule has 2 aliphatic rings. The van der Waals surface area contributed by atoms with Gasteiger partial charge in [-0.3, -0.25) is 4.79 Å². The number of rotatable bonds is 4. The van der Waals surface area contributed by atoms with Gasteiger partial charge in [0.25, 0.3) is 0 Å². The van der Waals surface area contributed by atoms with E-state index in [4.69, 9.17) is 0 Å². The summed E-state index contributed by atoms with van der Waals surface area (Å²) < 4.78 is 26.1. The first-order valence-electron chi connectivity index (χ1n) is 7.10. The highest BCUT2D eigenvalue weighted by Gasteiger charge is 2.42. The van der Waals surface area contributed by atoms with Crippen molar-refractivity contribution in [2.45, 2.75) is 37.8 Å². The molecule has 108 valence electrons. The molecular weight excluding hydrogens is 262 g/mol. The van der Waals surface area contributed by atoms with E-state index in [0.717, 1.165) is 25.3 Å². The van der Waals surface area contributed by atoms with E-state index in [1.54, 1.807) is 0 Å². The number of hydrogen-bond donors (Lipinski definition) is 2. The second-order valence-electron chi connectivity index (χ2n) is 5.71. The Morgan fingerprint density at radius 2 is 2.00 bits per heavy atom. The fraction of sp³-hybridized carbons (Fsp3) is 0.533. The van der Waals surface area contributed by atoms with Crippen LogP contribution in [0.2, 0.25) is 0 Å². The number of fused-ring (bicyclic) bond motifs is 2. The van der Waals surface area contributed by atoms with Crippen molar-refractivity contribution < 1.29 is 13.6 Å². The third kappa shape index (κ3) is 2.82. The molecule has 5 heteroatoms. The third-order valence-corrected chi connectivity index (χ3v) is 4.27. The fourth-order valence-corrected chi connectivity index (χ4v) is 3.33. The lowest BCUT2D eigenvalue weighted by Crippen LogP contribution is -2.38. The summed E-state index contributed by atoms with van der Waals surface area (Å²) in [6.45, 7) is 0.412. The van der Waals surface area contributed by atoms with E-state index in [-0.39, 0.29) is 11.8 Å². The Kier molecular flexibility index (Phi) is 3.70. The van der Waals surface area contributed by atoms with E-state index in [1.807, 2.05) is 0 Å². The van der Waals surface area contributed by atoms with Crippen LogP contribution in [0, 0.1) is 17.6 Å². The molecule has 1 aromatic rings. The molecular formula is C15H18F2N2O. The first-order valence-corrected chi connectivity index (χ1v) is 7.10. The third-order valence-electron chi connectivity index (χ3n) is 4.27. The van der Waals surface area contributed by atoms with Crippen molar-refractivity contribution in [3.63, 3.8) is 0 Å². The molecule has 2 heterocycles. The van der Waals surface area contributed by atoms with Crippen LogP contribution in [0.5, 0.6) is 0 Å². The number of nitrogens with one attached hydrogen (secondary N) is 2. The van der Waals surface area contributed by atoms with Gasteiger partial charge in [-0.1, -0.05) is 0 Å². The fourth-order valence-electron chi connectivity index (χ4n) is 3.33. The monoisotopic (exact) mass is 280 g/mol. The first kappa shape index (κ1) is 13.5. The summed E-state index contributed by atoms with van der Waals surface area (Å²) in [6.07, 6.45) is 3.58. The molecule has 3 nitrogen and oxygen atoms in total. The van der Waals surface area contributed by atoms with Gasteiger partial charge in [-0.15, -0.1) is 0 Å². The molecule has 1 aromatic carbocycles. The SMILES string of the molecule is O=C(NCCc1cc(F)cc(F)c1)C1CC2CCC1N2. The van der Waals surface area contributed by atoms with Crippen molar-refractivity contribution in [3.05, 3.63) is 35.4 Å². The number of hydrogen-bond acceptors (Lipinski definition) is 2. The van der Waals surface area contributed by atoms with Crippen LogP contribution in [-0.4, -0.2) is 24.5 Å². The molecule has 2 aliphatic heterocycles. The molecule has 0 aliphatic carbocycles.